The first kappa shape index (κ1) is 12.4. The van der Waals surface area contributed by atoms with Crippen LogP contribution in [0.15, 0.2) is 6.07 Å². The van der Waals surface area contributed by atoms with Crippen molar-refractivity contribution in [2.24, 2.45) is 0 Å². The van der Waals surface area contributed by atoms with Crippen molar-refractivity contribution in [3.05, 3.63) is 17.4 Å². The summed E-state index contributed by atoms with van der Waals surface area (Å²) < 4.78 is 29.0. The second-order valence-corrected chi connectivity index (χ2v) is 3.58. The molecule has 1 aromatic rings. The number of hydrogen-bond donors (Lipinski definition) is 2. The van der Waals surface area contributed by atoms with Gasteiger partial charge >= 0.3 is 5.97 Å². The normalized spacial score (nSPS) is 15.1. The van der Waals surface area contributed by atoms with Gasteiger partial charge < -0.3 is 24.4 Å². The van der Waals surface area contributed by atoms with Crippen LogP contribution in [0.25, 0.3) is 0 Å². The molecule has 1 aliphatic heterocycles. The Bertz CT molecular complexity index is 487. The number of hydrogen-bond acceptors (Lipinski definition) is 5. The number of carbonyl (C=O) groups is 1. The van der Waals surface area contributed by atoms with E-state index in [0.29, 0.717) is 0 Å². The maximum Gasteiger partial charge on any atom is 0.337 e. The van der Waals surface area contributed by atoms with E-state index >= 15 is 0 Å². The lowest BCUT2D eigenvalue weighted by atomic mass is 10.1. The molecule has 1 aliphatic rings. The summed E-state index contributed by atoms with van der Waals surface area (Å²) in [5.41, 5.74) is -0.216. The van der Waals surface area contributed by atoms with E-state index in [1.165, 1.54) is 13.2 Å². The van der Waals surface area contributed by atoms with Crippen molar-refractivity contribution >= 4 is 5.97 Å². The van der Waals surface area contributed by atoms with Gasteiger partial charge in [-0.15, -0.1) is 0 Å². The van der Waals surface area contributed by atoms with Crippen molar-refractivity contribution < 1.29 is 33.6 Å². The summed E-state index contributed by atoms with van der Waals surface area (Å²) in [4.78, 5) is 10.7. The number of benzene rings is 1. The van der Waals surface area contributed by atoms with E-state index in [9.17, 15) is 14.3 Å². The van der Waals surface area contributed by atoms with Gasteiger partial charge in [-0.3, -0.25) is 0 Å². The SMILES string of the molecule is COc1c(C(O)C(=O)O)cc2c(c1F)OCCO2. The summed E-state index contributed by atoms with van der Waals surface area (Å²) in [6.45, 7) is 0.412. The highest BCUT2D eigenvalue weighted by atomic mass is 19.1. The Kier molecular flexibility index (Phi) is 3.24. The van der Waals surface area contributed by atoms with Crippen molar-refractivity contribution in [1.82, 2.24) is 0 Å². The van der Waals surface area contributed by atoms with E-state index in [1.807, 2.05) is 0 Å². The summed E-state index contributed by atoms with van der Waals surface area (Å²) in [6.07, 6.45) is -1.90. The molecule has 0 aromatic heterocycles. The Labute approximate surface area is 102 Å². The molecule has 0 aliphatic carbocycles. The molecule has 6 nitrogen and oxygen atoms in total. The van der Waals surface area contributed by atoms with Gasteiger partial charge in [0.2, 0.25) is 11.6 Å². The lowest BCUT2D eigenvalue weighted by Crippen LogP contribution is -2.19. The molecular weight excluding hydrogens is 247 g/mol. The highest BCUT2D eigenvalue weighted by Crippen LogP contribution is 2.42. The van der Waals surface area contributed by atoms with E-state index in [0.717, 1.165) is 0 Å². The number of methoxy groups -OCH3 is 1. The zero-order chi connectivity index (χ0) is 13.3. The van der Waals surface area contributed by atoms with Crippen molar-refractivity contribution in [2.75, 3.05) is 20.3 Å². The molecule has 7 heteroatoms. The predicted molar refractivity (Wildman–Crippen MR) is 56.5 cm³/mol. The number of rotatable bonds is 3. The molecule has 2 rings (SSSR count). The number of aliphatic hydroxyl groups is 1. The van der Waals surface area contributed by atoms with Gasteiger partial charge in [-0.25, -0.2) is 4.79 Å². The molecule has 0 saturated heterocycles. The van der Waals surface area contributed by atoms with Gasteiger partial charge in [0.1, 0.15) is 13.2 Å². The summed E-state index contributed by atoms with van der Waals surface area (Å²) >= 11 is 0. The Morgan fingerprint density at radius 2 is 2.17 bits per heavy atom. The van der Waals surface area contributed by atoms with Gasteiger partial charge in [0.15, 0.2) is 17.6 Å². The van der Waals surface area contributed by atoms with Crippen molar-refractivity contribution in [3.63, 3.8) is 0 Å². The zero-order valence-electron chi connectivity index (χ0n) is 9.47. The van der Waals surface area contributed by atoms with Gasteiger partial charge in [0.25, 0.3) is 0 Å². The Morgan fingerprint density at radius 3 is 2.78 bits per heavy atom. The molecule has 0 amide bonds. The molecule has 0 fully saturated rings. The van der Waals surface area contributed by atoms with Crippen LogP contribution in [0.5, 0.6) is 17.2 Å². The fourth-order valence-corrected chi connectivity index (χ4v) is 1.69. The van der Waals surface area contributed by atoms with Crippen LogP contribution < -0.4 is 14.2 Å². The smallest absolute Gasteiger partial charge is 0.337 e. The lowest BCUT2D eigenvalue weighted by Gasteiger charge is -2.22. The van der Waals surface area contributed by atoms with Gasteiger partial charge in [0.05, 0.1) is 7.11 Å². The number of ether oxygens (including phenoxy) is 3. The Balaban J connectivity index is 2.58. The number of aliphatic hydroxyl groups excluding tert-OH is 1. The van der Waals surface area contributed by atoms with Crippen molar-refractivity contribution in [2.45, 2.75) is 6.10 Å². The first-order valence-corrected chi connectivity index (χ1v) is 5.13. The second-order valence-electron chi connectivity index (χ2n) is 3.58. The topological polar surface area (TPSA) is 85.2 Å². The Morgan fingerprint density at radius 1 is 1.50 bits per heavy atom. The van der Waals surface area contributed by atoms with Crippen molar-refractivity contribution in [3.8, 4) is 17.2 Å². The monoisotopic (exact) mass is 258 g/mol. The molecule has 1 unspecified atom stereocenters. The number of carboxylic acids is 1. The highest BCUT2D eigenvalue weighted by Gasteiger charge is 2.29. The summed E-state index contributed by atoms with van der Waals surface area (Å²) in [5.74, 6) is -2.85. The van der Waals surface area contributed by atoms with E-state index in [4.69, 9.17) is 19.3 Å². The highest BCUT2D eigenvalue weighted by molar-refractivity contribution is 5.76. The maximum atomic E-state index is 14.0. The fraction of sp³-hybridized carbons (Fsp3) is 0.364. The Hall–Kier alpha value is -2.02. The third-order valence-electron chi connectivity index (χ3n) is 2.49. The second kappa shape index (κ2) is 4.69. The van der Waals surface area contributed by atoms with Crippen LogP contribution >= 0.6 is 0 Å². The molecule has 1 aromatic carbocycles. The molecule has 1 heterocycles. The molecule has 0 saturated carbocycles. The van der Waals surface area contributed by atoms with E-state index in [2.05, 4.69) is 0 Å². The molecule has 0 radical (unpaired) electrons. The third kappa shape index (κ3) is 1.92. The number of halogens is 1. The van der Waals surface area contributed by atoms with Crippen LogP contribution in [0, 0.1) is 5.82 Å². The minimum Gasteiger partial charge on any atom is -0.493 e. The average Bonchev–Trinajstić information content (AvgIpc) is 2.37. The summed E-state index contributed by atoms with van der Waals surface area (Å²) in [5, 5.41) is 18.2. The van der Waals surface area contributed by atoms with Crippen LogP contribution in [-0.4, -0.2) is 36.5 Å². The molecule has 2 N–H and O–H groups in total. The first-order chi connectivity index (χ1) is 8.56. The van der Waals surface area contributed by atoms with Crippen LogP contribution in [0.1, 0.15) is 11.7 Å². The first-order valence-electron chi connectivity index (χ1n) is 5.13. The molecular formula is C11H11FO6. The van der Waals surface area contributed by atoms with E-state index in [1.54, 1.807) is 0 Å². The van der Waals surface area contributed by atoms with Crippen LogP contribution in [0.3, 0.4) is 0 Å². The van der Waals surface area contributed by atoms with Crippen LogP contribution in [0.2, 0.25) is 0 Å². The molecule has 0 spiro atoms. The van der Waals surface area contributed by atoms with Crippen molar-refractivity contribution in [1.29, 1.82) is 0 Å². The lowest BCUT2D eigenvalue weighted by molar-refractivity contribution is -0.147. The minimum atomic E-state index is -1.90. The maximum absolute atomic E-state index is 14.0. The molecule has 18 heavy (non-hydrogen) atoms. The van der Waals surface area contributed by atoms with E-state index < -0.39 is 17.9 Å². The van der Waals surface area contributed by atoms with Gasteiger partial charge in [-0.2, -0.15) is 4.39 Å². The van der Waals surface area contributed by atoms with Crippen LogP contribution in [0.4, 0.5) is 4.39 Å². The number of carboxylic acid groups (broad SMARTS) is 1. The quantitative estimate of drug-likeness (QED) is 0.831. The molecule has 98 valence electrons. The number of aliphatic carboxylic acids is 1. The molecule has 0 bridgehead atoms. The summed E-state index contributed by atoms with van der Waals surface area (Å²) in [7, 11) is 1.17. The van der Waals surface area contributed by atoms with Gasteiger partial charge in [-0.05, 0) is 6.07 Å². The average molecular weight is 258 g/mol. The number of fused-ring (bicyclic) bond motifs is 1. The molecule has 1 atom stereocenters. The fourth-order valence-electron chi connectivity index (χ4n) is 1.69. The van der Waals surface area contributed by atoms with E-state index in [-0.39, 0.29) is 36.0 Å². The third-order valence-corrected chi connectivity index (χ3v) is 2.49. The van der Waals surface area contributed by atoms with Gasteiger partial charge in [0, 0.05) is 5.56 Å². The van der Waals surface area contributed by atoms with Crippen LogP contribution in [-0.2, 0) is 4.79 Å². The largest absolute Gasteiger partial charge is 0.493 e. The zero-order valence-corrected chi connectivity index (χ0v) is 9.47. The van der Waals surface area contributed by atoms with Gasteiger partial charge in [-0.1, -0.05) is 0 Å². The predicted octanol–water partition coefficient (Wildman–Crippen LogP) is 0.724. The minimum absolute atomic E-state index is 0.0508. The standard InChI is InChI=1S/C11H11FO6/c1-16-9-5(8(13)11(14)15)4-6-10(7(9)12)18-3-2-17-6/h4,8,13H,2-3H2,1H3,(H,14,15). The summed E-state index contributed by atoms with van der Waals surface area (Å²) in [6, 6.07) is 1.20.